The Morgan fingerprint density at radius 2 is 1.25 bits per heavy atom. The molecule has 3 heteroatoms. The van der Waals surface area contributed by atoms with Crippen LogP contribution in [0.25, 0.3) is 10.8 Å². The maximum Gasteiger partial charge on any atom is 0.203 e. The lowest BCUT2D eigenvalue weighted by Crippen LogP contribution is -2.52. The average molecular weight is 267 g/mol. The number of hydrogen-bond donors (Lipinski definition) is 1. The standard InChI is InChI=1S/C17H21N3/c1-11(2)19-14-9-5-7-13-8-6-10-15(16(13)14)20(12(3)4)17(19)18/h5-12,18H,1-4H3. The van der Waals surface area contributed by atoms with Crippen LogP contribution in [-0.4, -0.2) is 18.0 Å². The molecule has 1 heterocycles. The molecule has 2 aromatic rings. The van der Waals surface area contributed by atoms with Crippen LogP contribution in [0.1, 0.15) is 27.7 Å². The minimum absolute atomic E-state index is 0.266. The van der Waals surface area contributed by atoms with Gasteiger partial charge in [0, 0.05) is 17.5 Å². The number of nitrogens with one attached hydrogen (secondary N) is 1. The van der Waals surface area contributed by atoms with Crippen molar-refractivity contribution in [3.05, 3.63) is 36.4 Å². The summed E-state index contributed by atoms with van der Waals surface area (Å²) >= 11 is 0. The molecular formula is C17H21N3. The van der Waals surface area contributed by atoms with Gasteiger partial charge in [-0.25, -0.2) is 0 Å². The lowest BCUT2D eigenvalue weighted by molar-refractivity contribution is 0.742. The van der Waals surface area contributed by atoms with Gasteiger partial charge >= 0.3 is 0 Å². The number of guanidine groups is 1. The van der Waals surface area contributed by atoms with E-state index in [1.54, 1.807) is 0 Å². The third-order valence-electron chi connectivity index (χ3n) is 3.87. The van der Waals surface area contributed by atoms with Crippen LogP contribution < -0.4 is 9.80 Å². The zero-order chi connectivity index (χ0) is 14.4. The molecule has 0 spiro atoms. The Bertz CT molecular complexity index is 620. The molecule has 0 aliphatic carbocycles. The maximum absolute atomic E-state index is 8.61. The van der Waals surface area contributed by atoms with Gasteiger partial charge in [0.1, 0.15) is 0 Å². The Balaban J connectivity index is 2.38. The van der Waals surface area contributed by atoms with Gasteiger partial charge in [0.2, 0.25) is 5.96 Å². The van der Waals surface area contributed by atoms with Gasteiger partial charge in [-0.2, -0.15) is 0 Å². The maximum atomic E-state index is 8.61. The van der Waals surface area contributed by atoms with Crippen molar-refractivity contribution in [2.24, 2.45) is 0 Å². The van der Waals surface area contributed by atoms with Crippen LogP contribution in [0.3, 0.4) is 0 Å². The quantitative estimate of drug-likeness (QED) is 0.883. The monoisotopic (exact) mass is 267 g/mol. The van der Waals surface area contributed by atoms with Crippen molar-refractivity contribution in [3.63, 3.8) is 0 Å². The van der Waals surface area contributed by atoms with E-state index < -0.39 is 0 Å². The van der Waals surface area contributed by atoms with Crippen molar-refractivity contribution in [1.29, 1.82) is 5.41 Å². The van der Waals surface area contributed by atoms with Crippen molar-refractivity contribution in [1.82, 2.24) is 0 Å². The first kappa shape index (κ1) is 13.0. The van der Waals surface area contributed by atoms with Gasteiger partial charge in [0.15, 0.2) is 0 Å². The Morgan fingerprint density at radius 3 is 1.65 bits per heavy atom. The van der Waals surface area contributed by atoms with Crippen molar-refractivity contribution >= 4 is 28.1 Å². The molecule has 3 rings (SSSR count). The predicted molar refractivity (Wildman–Crippen MR) is 86.9 cm³/mol. The summed E-state index contributed by atoms with van der Waals surface area (Å²) in [6.45, 7) is 8.55. The van der Waals surface area contributed by atoms with Crippen LogP contribution in [0.2, 0.25) is 0 Å². The Kier molecular flexibility index (Phi) is 2.93. The topological polar surface area (TPSA) is 30.3 Å². The lowest BCUT2D eigenvalue weighted by Gasteiger charge is -2.43. The molecule has 0 aromatic heterocycles. The Hall–Kier alpha value is -2.03. The number of nitrogens with zero attached hydrogens (tertiary/aromatic N) is 2. The molecule has 0 fully saturated rings. The van der Waals surface area contributed by atoms with Crippen LogP contribution in [0.15, 0.2) is 36.4 Å². The van der Waals surface area contributed by atoms with Gasteiger partial charge in [-0.15, -0.1) is 0 Å². The fourth-order valence-electron chi connectivity index (χ4n) is 3.09. The van der Waals surface area contributed by atoms with Gasteiger partial charge in [-0.05, 0) is 45.2 Å². The second-order valence-corrected chi connectivity index (χ2v) is 5.90. The summed E-state index contributed by atoms with van der Waals surface area (Å²) in [7, 11) is 0. The van der Waals surface area contributed by atoms with Crippen molar-refractivity contribution < 1.29 is 0 Å². The molecule has 0 saturated carbocycles. The van der Waals surface area contributed by atoms with E-state index in [9.17, 15) is 0 Å². The van der Waals surface area contributed by atoms with E-state index >= 15 is 0 Å². The molecule has 1 N–H and O–H groups in total. The summed E-state index contributed by atoms with van der Waals surface area (Å²) < 4.78 is 0. The SMILES string of the molecule is CC(C)N1C(=N)N(C(C)C)c2cccc3cccc1c23. The number of rotatable bonds is 2. The molecule has 2 aromatic carbocycles. The molecule has 0 bridgehead atoms. The third kappa shape index (κ3) is 1.69. The van der Waals surface area contributed by atoms with E-state index in [-0.39, 0.29) is 12.1 Å². The van der Waals surface area contributed by atoms with Crippen molar-refractivity contribution in [3.8, 4) is 0 Å². The van der Waals surface area contributed by atoms with E-state index in [0.717, 1.165) is 11.4 Å². The molecule has 20 heavy (non-hydrogen) atoms. The van der Waals surface area contributed by atoms with E-state index in [1.165, 1.54) is 10.8 Å². The minimum atomic E-state index is 0.266. The fourth-order valence-corrected chi connectivity index (χ4v) is 3.09. The minimum Gasteiger partial charge on any atom is -0.309 e. The summed E-state index contributed by atoms with van der Waals surface area (Å²) in [4.78, 5) is 4.24. The van der Waals surface area contributed by atoms with E-state index in [0.29, 0.717) is 5.96 Å². The van der Waals surface area contributed by atoms with Crippen LogP contribution in [0, 0.1) is 5.41 Å². The molecule has 3 nitrogen and oxygen atoms in total. The normalized spacial score (nSPS) is 14.8. The van der Waals surface area contributed by atoms with E-state index in [4.69, 9.17) is 5.41 Å². The van der Waals surface area contributed by atoms with Crippen molar-refractivity contribution in [2.75, 3.05) is 9.80 Å². The highest BCUT2D eigenvalue weighted by Crippen LogP contribution is 2.41. The molecule has 104 valence electrons. The Morgan fingerprint density at radius 1 is 0.800 bits per heavy atom. The second kappa shape index (κ2) is 4.51. The molecular weight excluding hydrogens is 246 g/mol. The first-order valence-corrected chi connectivity index (χ1v) is 7.21. The largest absolute Gasteiger partial charge is 0.309 e. The van der Waals surface area contributed by atoms with Gasteiger partial charge in [-0.1, -0.05) is 24.3 Å². The first-order chi connectivity index (χ1) is 9.52. The molecule has 0 unspecified atom stereocenters. The molecule has 1 aliphatic heterocycles. The summed E-state index contributed by atoms with van der Waals surface area (Å²) in [6.07, 6.45) is 0. The van der Waals surface area contributed by atoms with Gasteiger partial charge in [0.25, 0.3) is 0 Å². The number of hydrogen-bond acceptors (Lipinski definition) is 1. The molecule has 0 atom stereocenters. The highest BCUT2D eigenvalue weighted by molar-refractivity contribution is 6.20. The summed E-state index contributed by atoms with van der Waals surface area (Å²) in [5, 5.41) is 11.1. The number of benzene rings is 2. The second-order valence-electron chi connectivity index (χ2n) is 5.90. The summed E-state index contributed by atoms with van der Waals surface area (Å²) in [5.74, 6) is 0.571. The summed E-state index contributed by atoms with van der Waals surface area (Å²) in [5.41, 5.74) is 2.30. The number of anilines is 2. The molecule has 1 aliphatic rings. The third-order valence-corrected chi connectivity index (χ3v) is 3.87. The first-order valence-electron chi connectivity index (χ1n) is 7.21. The highest BCUT2D eigenvalue weighted by atomic mass is 15.4. The van der Waals surface area contributed by atoms with Gasteiger partial charge < -0.3 is 9.80 Å². The molecule has 0 saturated heterocycles. The van der Waals surface area contributed by atoms with E-state index in [2.05, 4.69) is 73.9 Å². The predicted octanol–water partition coefficient (Wildman–Crippen LogP) is 4.22. The smallest absolute Gasteiger partial charge is 0.203 e. The summed E-state index contributed by atoms with van der Waals surface area (Å²) in [6, 6.07) is 13.2. The van der Waals surface area contributed by atoms with E-state index in [1.807, 2.05) is 0 Å². The molecule has 0 amide bonds. The van der Waals surface area contributed by atoms with Crippen LogP contribution >= 0.6 is 0 Å². The Labute approximate surface area is 120 Å². The molecule has 0 radical (unpaired) electrons. The average Bonchev–Trinajstić information content (AvgIpc) is 2.38. The van der Waals surface area contributed by atoms with Crippen LogP contribution in [-0.2, 0) is 0 Å². The fraction of sp³-hybridized carbons (Fsp3) is 0.353. The van der Waals surface area contributed by atoms with Crippen LogP contribution in [0.5, 0.6) is 0 Å². The lowest BCUT2D eigenvalue weighted by atomic mass is 10.0. The van der Waals surface area contributed by atoms with Gasteiger partial charge in [-0.3, -0.25) is 5.41 Å². The zero-order valence-corrected chi connectivity index (χ0v) is 12.5. The van der Waals surface area contributed by atoms with Crippen molar-refractivity contribution in [2.45, 2.75) is 39.8 Å². The zero-order valence-electron chi connectivity index (χ0n) is 12.5. The van der Waals surface area contributed by atoms with Crippen LogP contribution in [0.4, 0.5) is 11.4 Å². The highest BCUT2D eigenvalue weighted by Gasteiger charge is 2.31. The van der Waals surface area contributed by atoms with Gasteiger partial charge in [0.05, 0.1) is 11.4 Å².